The molecule has 2 aromatic rings. The molecule has 3 heteroatoms. The van der Waals surface area contributed by atoms with Crippen LogP contribution in [0, 0.1) is 23.2 Å². The van der Waals surface area contributed by atoms with Crippen molar-refractivity contribution in [2.24, 2.45) is 11.8 Å². The van der Waals surface area contributed by atoms with Crippen LogP contribution in [0.25, 0.3) is 11.0 Å². The Labute approximate surface area is 119 Å². The summed E-state index contributed by atoms with van der Waals surface area (Å²) in [6.45, 7) is 4.44. The molecule has 102 valence electrons. The third kappa shape index (κ3) is 1.67. The van der Waals surface area contributed by atoms with Crippen LogP contribution in [0.5, 0.6) is 0 Å². The van der Waals surface area contributed by atoms with Gasteiger partial charge >= 0.3 is 0 Å². The molecule has 1 aromatic carbocycles. The van der Waals surface area contributed by atoms with E-state index in [0.29, 0.717) is 17.5 Å². The van der Waals surface area contributed by atoms with Crippen LogP contribution in [0.15, 0.2) is 18.2 Å². The Morgan fingerprint density at radius 2 is 2.00 bits per heavy atom. The summed E-state index contributed by atoms with van der Waals surface area (Å²) in [5.74, 6) is 3.81. The van der Waals surface area contributed by atoms with Gasteiger partial charge in [-0.25, -0.2) is 4.98 Å². The molecule has 2 saturated carbocycles. The molecule has 0 aliphatic heterocycles. The molecule has 2 atom stereocenters. The Morgan fingerprint density at radius 1 is 1.25 bits per heavy atom. The molecule has 1 aromatic heterocycles. The minimum atomic E-state index is 0.417. The van der Waals surface area contributed by atoms with Gasteiger partial charge in [-0.1, -0.05) is 0 Å². The van der Waals surface area contributed by atoms with E-state index in [1.54, 1.807) is 0 Å². The number of hydrogen-bond acceptors (Lipinski definition) is 2. The Balaban J connectivity index is 1.86. The minimum Gasteiger partial charge on any atom is -0.325 e. The molecule has 1 heterocycles. The zero-order chi connectivity index (χ0) is 13.9. The molecular formula is C17H19N3. The topological polar surface area (TPSA) is 41.6 Å². The molecule has 2 aliphatic carbocycles. The number of rotatable bonds is 2. The fraction of sp³-hybridized carbons (Fsp3) is 0.529. The summed E-state index contributed by atoms with van der Waals surface area (Å²) >= 11 is 0. The Morgan fingerprint density at radius 3 is 2.65 bits per heavy atom. The van der Waals surface area contributed by atoms with E-state index < -0.39 is 0 Å². The van der Waals surface area contributed by atoms with Gasteiger partial charge in [0, 0.05) is 12.0 Å². The highest BCUT2D eigenvalue weighted by Gasteiger charge is 2.47. The number of nitriles is 1. The van der Waals surface area contributed by atoms with Crippen molar-refractivity contribution in [2.75, 3.05) is 0 Å². The molecule has 0 saturated heterocycles. The molecule has 0 spiro atoms. The quantitative estimate of drug-likeness (QED) is 0.823. The first-order valence-corrected chi connectivity index (χ1v) is 7.59. The number of aromatic nitrogens is 2. The van der Waals surface area contributed by atoms with Gasteiger partial charge in [0.25, 0.3) is 0 Å². The molecule has 20 heavy (non-hydrogen) atoms. The van der Waals surface area contributed by atoms with Gasteiger partial charge in [-0.05, 0) is 63.1 Å². The van der Waals surface area contributed by atoms with E-state index in [0.717, 1.165) is 17.4 Å². The van der Waals surface area contributed by atoms with E-state index in [9.17, 15) is 0 Å². The molecule has 0 N–H and O–H groups in total. The number of fused-ring (bicyclic) bond motifs is 2. The first-order valence-electron chi connectivity index (χ1n) is 7.59. The number of benzene rings is 1. The van der Waals surface area contributed by atoms with Crippen molar-refractivity contribution in [3.05, 3.63) is 29.6 Å². The van der Waals surface area contributed by atoms with Crippen molar-refractivity contribution in [1.82, 2.24) is 9.55 Å². The summed E-state index contributed by atoms with van der Waals surface area (Å²) < 4.78 is 2.38. The van der Waals surface area contributed by atoms with Crippen LogP contribution < -0.4 is 0 Å². The van der Waals surface area contributed by atoms with Crippen LogP contribution in [0.3, 0.4) is 0 Å². The van der Waals surface area contributed by atoms with Crippen LogP contribution in [0.4, 0.5) is 0 Å². The molecule has 0 bridgehead atoms. The summed E-state index contributed by atoms with van der Waals surface area (Å²) in [4.78, 5) is 4.89. The van der Waals surface area contributed by atoms with Gasteiger partial charge < -0.3 is 4.57 Å². The van der Waals surface area contributed by atoms with Crippen molar-refractivity contribution < 1.29 is 0 Å². The second-order valence-corrected chi connectivity index (χ2v) is 6.67. The fourth-order valence-electron chi connectivity index (χ4n) is 3.94. The summed E-state index contributed by atoms with van der Waals surface area (Å²) in [7, 11) is 0. The highest BCUT2D eigenvalue weighted by molar-refractivity contribution is 5.78. The van der Waals surface area contributed by atoms with E-state index in [-0.39, 0.29) is 0 Å². The van der Waals surface area contributed by atoms with Gasteiger partial charge in [0.05, 0.1) is 22.7 Å². The Bertz CT molecular complexity index is 710. The van der Waals surface area contributed by atoms with E-state index in [1.165, 1.54) is 30.6 Å². The second kappa shape index (κ2) is 4.09. The lowest BCUT2D eigenvalue weighted by atomic mass is 10.0. The summed E-state index contributed by atoms with van der Waals surface area (Å²) in [5.41, 5.74) is 2.86. The van der Waals surface area contributed by atoms with Crippen LogP contribution in [-0.4, -0.2) is 9.55 Å². The van der Waals surface area contributed by atoms with E-state index in [1.807, 2.05) is 12.1 Å². The molecule has 2 unspecified atom stereocenters. The van der Waals surface area contributed by atoms with E-state index in [2.05, 4.69) is 30.6 Å². The van der Waals surface area contributed by atoms with Crippen molar-refractivity contribution in [3.63, 3.8) is 0 Å². The zero-order valence-electron chi connectivity index (χ0n) is 12.0. The van der Waals surface area contributed by atoms with Crippen LogP contribution in [0.1, 0.15) is 56.5 Å². The maximum absolute atomic E-state index is 9.05. The summed E-state index contributed by atoms with van der Waals surface area (Å²) in [6.07, 6.45) is 4.06. The third-order valence-corrected chi connectivity index (χ3v) is 4.97. The first-order chi connectivity index (χ1) is 9.67. The van der Waals surface area contributed by atoms with Gasteiger partial charge in [0.2, 0.25) is 0 Å². The summed E-state index contributed by atoms with van der Waals surface area (Å²) in [5, 5.41) is 9.05. The largest absolute Gasteiger partial charge is 0.325 e. The maximum atomic E-state index is 9.05. The van der Waals surface area contributed by atoms with Crippen molar-refractivity contribution in [1.29, 1.82) is 5.26 Å². The van der Waals surface area contributed by atoms with Crippen molar-refractivity contribution in [2.45, 2.75) is 45.1 Å². The normalized spacial score (nSPS) is 27.8. The highest BCUT2D eigenvalue weighted by Crippen LogP contribution is 2.57. The lowest BCUT2D eigenvalue weighted by Crippen LogP contribution is -2.10. The van der Waals surface area contributed by atoms with Gasteiger partial charge in [-0.15, -0.1) is 0 Å². The predicted octanol–water partition coefficient (Wildman–Crippen LogP) is 4.00. The van der Waals surface area contributed by atoms with Crippen LogP contribution >= 0.6 is 0 Å². The number of hydrogen-bond donors (Lipinski definition) is 0. The number of imidazole rings is 1. The first kappa shape index (κ1) is 12.0. The highest BCUT2D eigenvalue weighted by atomic mass is 15.1. The van der Waals surface area contributed by atoms with Crippen LogP contribution in [0.2, 0.25) is 0 Å². The Hall–Kier alpha value is -1.82. The molecule has 0 radical (unpaired) electrons. The second-order valence-electron chi connectivity index (χ2n) is 6.67. The SMILES string of the molecule is CC(C)n1c(C2CC3CC3C2)nc2cc(C#N)ccc21. The van der Waals surface area contributed by atoms with Crippen molar-refractivity contribution in [3.8, 4) is 6.07 Å². The zero-order valence-corrected chi connectivity index (χ0v) is 12.0. The smallest absolute Gasteiger partial charge is 0.113 e. The lowest BCUT2D eigenvalue weighted by Gasteiger charge is -2.18. The molecule has 0 amide bonds. The van der Waals surface area contributed by atoms with Gasteiger partial charge in [0.1, 0.15) is 5.82 Å². The molecule has 2 fully saturated rings. The third-order valence-electron chi connectivity index (χ3n) is 4.97. The average molecular weight is 265 g/mol. The Kier molecular flexibility index (Phi) is 2.44. The molecular weight excluding hydrogens is 246 g/mol. The van der Waals surface area contributed by atoms with Gasteiger partial charge in [-0.2, -0.15) is 5.26 Å². The fourth-order valence-corrected chi connectivity index (χ4v) is 3.94. The monoisotopic (exact) mass is 265 g/mol. The minimum absolute atomic E-state index is 0.417. The predicted molar refractivity (Wildman–Crippen MR) is 78.4 cm³/mol. The van der Waals surface area contributed by atoms with Gasteiger partial charge in [0.15, 0.2) is 0 Å². The summed E-state index contributed by atoms with van der Waals surface area (Å²) in [6, 6.07) is 8.51. The van der Waals surface area contributed by atoms with Gasteiger partial charge in [-0.3, -0.25) is 0 Å². The number of nitrogens with zero attached hydrogens (tertiary/aromatic N) is 3. The van der Waals surface area contributed by atoms with Crippen molar-refractivity contribution >= 4 is 11.0 Å². The lowest BCUT2D eigenvalue weighted by molar-refractivity contribution is 0.514. The van der Waals surface area contributed by atoms with E-state index >= 15 is 0 Å². The molecule has 4 rings (SSSR count). The van der Waals surface area contributed by atoms with Crippen LogP contribution in [-0.2, 0) is 0 Å². The van der Waals surface area contributed by atoms with E-state index in [4.69, 9.17) is 10.2 Å². The standard InChI is InChI=1S/C17H19N3/c1-10(2)20-16-4-3-11(9-18)5-15(16)19-17(20)14-7-12-6-13(12)8-14/h3-5,10,12-14H,6-8H2,1-2H3. The molecule has 2 aliphatic rings. The maximum Gasteiger partial charge on any atom is 0.113 e. The molecule has 3 nitrogen and oxygen atoms in total. The average Bonchev–Trinajstić information content (AvgIpc) is 2.89.